The lowest BCUT2D eigenvalue weighted by Crippen LogP contribution is -2.43. The molecule has 1 atom stereocenters. The molecule has 1 aliphatic rings. The minimum atomic E-state index is -3.68. The number of ether oxygens (including phenoxy) is 1. The number of hydrogen-bond donors (Lipinski definition) is 1. The maximum atomic E-state index is 13.1. The van der Waals surface area contributed by atoms with Gasteiger partial charge in [-0.3, -0.25) is 4.79 Å². The molecule has 4 rings (SSSR count). The van der Waals surface area contributed by atoms with Gasteiger partial charge in [0.15, 0.2) is 5.13 Å². The Morgan fingerprint density at radius 2 is 1.94 bits per heavy atom. The molecule has 0 aliphatic carbocycles. The summed E-state index contributed by atoms with van der Waals surface area (Å²) in [6, 6.07) is 12.5. The molecule has 1 N–H and O–H groups in total. The smallest absolute Gasteiger partial charge is 0.243 e. The molecule has 0 saturated carbocycles. The number of sulfonamides is 1. The summed E-state index contributed by atoms with van der Waals surface area (Å²) >= 11 is 1.37. The fourth-order valence-corrected chi connectivity index (χ4v) is 6.18. The van der Waals surface area contributed by atoms with Gasteiger partial charge in [0.1, 0.15) is 5.75 Å². The van der Waals surface area contributed by atoms with E-state index >= 15 is 0 Å². The Labute approximate surface area is 198 Å². The minimum absolute atomic E-state index is 0.148. The molecule has 2 aromatic carbocycles. The van der Waals surface area contributed by atoms with Crippen LogP contribution in [0.5, 0.6) is 5.75 Å². The van der Waals surface area contributed by atoms with E-state index in [1.165, 1.54) is 34.9 Å². The number of nitrogens with one attached hydrogen (secondary N) is 1. The zero-order valence-electron chi connectivity index (χ0n) is 18.9. The first-order valence-electron chi connectivity index (χ1n) is 10.8. The predicted octanol–water partition coefficient (Wildman–Crippen LogP) is 4.47. The van der Waals surface area contributed by atoms with Crippen molar-refractivity contribution in [1.29, 1.82) is 0 Å². The average Bonchev–Trinajstić information content (AvgIpc) is 3.29. The van der Waals surface area contributed by atoms with Crippen LogP contribution in [0.15, 0.2) is 52.7 Å². The number of thiazole rings is 1. The van der Waals surface area contributed by atoms with E-state index in [0.717, 1.165) is 22.4 Å². The largest absolute Gasteiger partial charge is 0.497 e. The zero-order chi connectivity index (χ0) is 23.6. The Balaban J connectivity index is 1.45. The number of hydrogen-bond acceptors (Lipinski definition) is 6. The Bertz CT molecular complexity index is 1250. The van der Waals surface area contributed by atoms with Crippen molar-refractivity contribution in [2.45, 2.75) is 31.6 Å². The van der Waals surface area contributed by atoms with Gasteiger partial charge in [-0.25, -0.2) is 13.4 Å². The number of carbonyl (C=O) groups is 1. The molecular formula is C24H27N3O4S2. The Kier molecular flexibility index (Phi) is 6.83. The lowest BCUT2D eigenvalue weighted by Gasteiger charge is -2.31. The summed E-state index contributed by atoms with van der Waals surface area (Å²) in [5, 5.41) is 5.34. The van der Waals surface area contributed by atoms with Gasteiger partial charge in [0.05, 0.1) is 23.6 Å². The quantitative estimate of drug-likeness (QED) is 0.556. The first-order chi connectivity index (χ1) is 15.8. The number of nitrogens with zero attached hydrogens (tertiary/aromatic N) is 2. The molecule has 9 heteroatoms. The topological polar surface area (TPSA) is 88.6 Å². The van der Waals surface area contributed by atoms with Crippen LogP contribution >= 0.6 is 11.3 Å². The van der Waals surface area contributed by atoms with Crippen LogP contribution < -0.4 is 10.1 Å². The molecular weight excluding hydrogens is 458 g/mol. The molecule has 7 nitrogen and oxygen atoms in total. The van der Waals surface area contributed by atoms with Crippen molar-refractivity contribution in [3.8, 4) is 17.0 Å². The predicted molar refractivity (Wildman–Crippen MR) is 130 cm³/mol. The van der Waals surface area contributed by atoms with Crippen molar-refractivity contribution < 1.29 is 17.9 Å². The second kappa shape index (κ2) is 9.62. The molecule has 1 saturated heterocycles. The molecule has 1 aliphatic heterocycles. The third-order valence-electron chi connectivity index (χ3n) is 5.86. The van der Waals surface area contributed by atoms with Crippen molar-refractivity contribution in [2.75, 3.05) is 25.5 Å². The SMILES string of the molecule is COc1ccc(S(=O)(=O)N2CCCC(C(=O)Nc3nc(-c4cc(C)ccc4C)cs3)C2)cc1. The highest BCUT2D eigenvalue weighted by molar-refractivity contribution is 7.89. The summed E-state index contributed by atoms with van der Waals surface area (Å²) in [4.78, 5) is 17.7. The van der Waals surface area contributed by atoms with Crippen molar-refractivity contribution in [2.24, 2.45) is 5.92 Å². The summed E-state index contributed by atoms with van der Waals surface area (Å²) < 4.78 is 32.7. The number of anilines is 1. The van der Waals surface area contributed by atoms with Crippen LogP contribution in [-0.4, -0.2) is 43.8 Å². The number of amides is 1. The highest BCUT2D eigenvalue weighted by atomic mass is 32.2. The van der Waals surface area contributed by atoms with Crippen molar-refractivity contribution in [3.05, 3.63) is 59.0 Å². The van der Waals surface area contributed by atoms with Gasteiger partial charge >= 0.3 is 0 Å². The van der Waals surface area contributed by atoms with Crippen LogP contribution in [0.2, 0.25) is 0 Å². The molecule has 0 radical (unpaired) electrons. The number of rotatable bonds is 6. The van der Waals surface area contributed by atoms with Crippen LogP contribution in [0.25, 0.3) is 11.3 Å². The van der Waals surface area contributed by atoms with Gasteiger partial charge in [-0.05, 0) is 62.6 Å². The summed E-state index contributed by atoms with van der Waals surface area (Å²) in [5.41, 5.74) is 4.13. The van der Waals surface area contributed by atoms with E-state index in [4.69, 9.17) is 4.74 Å². The van der Waals surface area contributed by atoms with E-state index < -0.39 is 15.9 Å². The molecule has 33 heavy (non-hydrogen) atoms. The van der Waals surface area contributed by atoms with Crippen LogP contribution in [0, 0.1) is 19.8 Å². The number of carbonyl (C=O) groups excluding carboxylic acids is 1. The summed E-state index contributed by atoms with van der Waals surface area (Å²) in [5.74, 6) is -0.0418. The standard InChI is InChI=1S/C24H27N3O4S2/c1-16-6-7-17(2)21(13-16)22-15-32-24(25-22)26-23(28)18-5-4-12-27(14-18)33(29,30)20-10-8-19(31-3)9-11-20/h6-11,13,15,18H,4-5,12,14H2,1-3H3,(H,25,26,28). The number of methoxy groups -OCH3 is 1. The fraction of sp³-hybridized carbons (Fsp3) is 0.333. The Morgan fingerprint density at radius 3 is 2.67 bits per heavy atom. The van der Waals surface area contributed by atoms with Crippen molar-refractivity contribution >= 4 is 32.4 Å². The molecule has 1 aromatic heterocycles. The molecule has 1 unspecified atom stereocenters. The van der Waals surface area contributed by atoms with E-state index in [1.807, 2.05) is 19.2 Å². The Hall–Kier alpha value is -2.75. The van der Waals surface area contributed by atoms with Gasteiger partial charge in [-0.15, -0.1) is 11.3 Å². The van der Waals surface area contributed by atoms with Gasteiger partial charge in [-0.2, -0.15) is 4.31 Å². The van der Waals surface area contributed by atoms with E-state index in [0.29, 0.717) is 30.3 Å². The van der Waals surface area contributed by atoms with Crippen molar-refractivity contribution in [3.63, 3.8) is 0 Å². The zero-order valence-corrected chi connectivity index (χ0v) is 20.5. The maximum absolute atomic E-state index is 13.1. The summed E-state index contributed by atoms with van der Waals surface area (Å²) in [7, 11) is -2.15. The molecule has 3 aromatic rings. The lowest BCUT2D eigenvalue weighted by molar-refractivity contribution is -0.120. The van der Waals surface area contributed by atoms with Crippen LogP contribution in [-0.2, 0) is 14.8 Å². The monoisotopic (exact) mass is 485 g/mol. The van der Waals surface area contributed by atoms with E-state index in [1.54, 1.807) is 12.1 Å². The molecule has 1 fully saturated rings. The van der Waals surface area contributed by atoms with Crippen LogP contribution in [0.3, 0.4) is 0 Å². The number of aryl methyl sites for hydroxylation is 2. The average molecular weight is 486 g/mol. The van der Waals surface area contributed by atoms with Gasteiger partial charge in [0, 0.05) is 24.0 Å². The summed E-state index contributed by atoms with van der Waals surface area (Å²) in [6.45, 7) is 4.61. The number of benzene rings is 2. The van der Waals surface area contributed by atoms with Gasteiger partial charge in [0.2, 0.25) is 15.9 Å². The molecule has 2 heterocycles. The van der Waals surface area contributed by atoms with Gasteiger partial charge < -0.3 is 10.1 Å². The second-order valence-electron chi connectivity index (χ2n) is 8.22. The Morgan fingerprint density at radius 1 is 1.18 bits per heavy atom. The molecule has 174 valence electrons. The van der Waals surface area contributed by atoms with Crippen LogP contribution in [0.1, 0.15) is 24.0 Å². The normalized spacial score (nSPS) is 17.0. The number of aromatic nitrogens is 1. The van der Waals surface area contributed by atoms with Gasteiger partial charge in [0.25, 0.3) is 0 Å². The maximum Gasteiger partial charge on any atom is 0.243 e. The van der Waals surface area contributed by atoms with E-state index in [2.05, 4.69) is 28.5 Å². The highest BCUT2D eigenvalue weighted by Crippen LogP contribution is 2.30. The van der Waals surface area contributed by atoms with Gasteiger partial charge in [-0.1, -0.05) is 17.7 Å². The van der Waals surface area contributed by atoms with Crippen LogP contribution in [0.4, 0.5) is 5.13 Å². The third-order valence-corrected chi connectivity index (χ3v) is 8.49. The first kappa shape index (κ1) is 23.4. The second-order valence-corrected chi connectivity index (χ2v) is 11.0. The van der Waals surface area contributed by atoms with Crippen molar-refractivity contribution in [1.82, 2.24) is 9.29 Å². The first-order valence-corrected chi connectivity index (χ1v) is 13.1. The van der Waals surface area contributed by atoms with E-state index in [9.17, 15) is 13.2 Å². The van der Waals surface area contributed by atoms with E-state index in [-0.39, 0.29) is 17.3 Å². The highest BCUT2D eigenvalue weighted by Gasteiger charge is 2.33. The molecule has 0 bridgehead atoms. The summed E-state index contributed by atoms with van der Waals surface area (Å²) in [6.07, 6.45) is 1.26. The number of piperidine rings is 1. The third kappa shape index (κ3) is 5.10. The fourth-order valence-electron chi connectivity index (χ4n) is 3.95. The minimum Gasteiger partial charge on any atom is -0.497 e. The molecule has 0 spiro atoms. The lowest BCUT2D eigenvalue weighted by atomic mass is 9.99. The molecule has 1 amide bonds.